The average molecular weight is 794 g/mol. The van der Waals surface area contributed by atoms with Crippen molar-refractivity contribution >= 4 is 59.3 Å². The van der Waals surface area contributed by atoms with Gasteiger partial charge in [-0.05, 0) is 109 Å². The van der Waals surface area contributed by atoms with E-state index in [-0.39, 0.29) is 0 Å². The highest BCUT2D eigenvalue weighted by atomic mass is 32.1. The predicted octanol–water partition coefficient (Wildman–Crippen LogP) is 16.4. The van der Waals surface area contributed by atoms with E-state index in [9.17, 15) is 0 Å². The zero-order valence-corrected chi connectivity index (χ0v) is 34.2. The summed E-state index contributed by atoms with van der Waals surface area (Å²) in [6.07, 6.45) is 0. The van der Waals surface area contributed by atoms with Crippen LogP contribution in [0.1, 0.15) is 22.3 Å². The molecule has 1 aliphatic rings. The summed E-state index contributed by atoms with van der Waals surface area (Å²) in [5.41, 5.74) is 15.4. The van der Waals surface area contributed by atoms with Gasteiger partial charge < -0.3 is 4.90 Å². The lowest BCUT2D eigenvalue weighted by molar-refractivity contribution is 0.750. The van der Waals surface area contributed by atoms with Gasteiger partial charge in [0.1, 0.15) is 0 Å². The van der Waals surface area contributed by atoms with E-state index in [1.807, 2.05) is 11.3 Å². The van der Waals surface area contributed by atoms with Crippen LogP contribution in [0, 0.1) is 0 Å². The first-order valence-corrected chi connectivity index (χ1v) is 21.8. The van der Waals surface area contributed by atoms with Crippen molar-refractivity contribution in [2.45, 2.75) is 5.41 Å². The first kappa shape index (κ1) is 35.4. The van der Waals surface area contributed by atoms with Gasteiger partial charge in [-0.1, -0.05) is 194 Å². The van der Waals surface area contributed by atoms with Gasteiger partial charge in [-0.3, -0.25) is 0 Å². The fraction of sp³-hybridized carbons (Fsp3) is 0.0169. The van der Waals surface area contributed by atoms with E-state index in [1.165, 1.54) is 86.6 Å². The number of hydrogen-bond donors (Lipinski definition) is 0. The molecule has 286 valence electrons. The minimum Gasteiger partial charge on any atom is -0.310 e. The molecule has 0 fully saturated rings. The molecule has 0 radical (unpaired) electrons. The quantitative estimate of drug-likeness (QED) is 0.155. The number of thiophene rings is 1. The third-order valence-corrected chi connectivity index (χ3v) is 13.9. The molecule has 1 nitrogen and oxygen atoms in total. The number of fused-ring (bicyclic) bond motifs is 5. The highest BCUT2D eigenvalue weighted by Gasteiger charge is 2.44. The summed E-state index contributed by atoms with van der Waals surface area (Å²) in [7, 11) is 0. The molecule has 11 aromatic rings. The maximum atomic E-state index is 2.38. The van der Waals surface area contributed by atoms with Gasteiger partial charge in [0, 0.05) is 37.2 Å². The Balaban J connectivity index is 0.955. The summed E-state index contributed by atoms with van der Waals surface area (Å²) in [4.78, 5) is 2.38. The van der Waals surface area contributed by atoms with E-state index in [0.29, 0.717) is 0 Å². The Bertz CT molecular complexity index is 3380. The summed E-state index contributed by atoms with van der Waals surface area (Å²) in [5, 5.41) is 5.21. The third kappa shape index (κ3) is 5.68. The van der Waals surface area contributed by atoms with Crippen molar-refractivity contribution < 1.29 is 0 Å². The van der Waals surface area contributed by atoms with Crippen molar-refractivity contribution in [2.24, 2.45) is 0 Å². The summed E-state index contributed by atoms with van der Waals surface area (Å²) in [6, 6.07) is 87.3. The normalized spacial score (nSPS) is 14.3. The molecule has 0 saturated carbocycles. The Morgan fingerprint density at radius 2 is 0.836 bits per heavy atom. The van der Waals surface area contributed by atoms with Crippen molar-refractivity contribution in [1.82, 2.24) is 0 Å². The van der Waals surface area contributed by atoms with E-state index >= 15 is 0 Å². The Hall–Kier alpha value is -7.52. The van der Waals surface area contributed by atoms with Gasteiger partial charge in [0.25, 0.3) is 0 Å². The van der Waals surface area contributed by atoms with Crippen molar-refractivity contribution in [3.63, 3.8) is 0 Å². The molecule has 1 heterocycles. The maximum absolute atomic E-state index is 2.38. The monoisotopic (exact) mass is 793 g/mol. The number of anilines is 3. The maximum Gasteiger partial charge on any atom is 0.0713 e. The van der Waals surface area contributed by atoms with Crippen LogP contribution in [0.4, 0.5) is 17.1 Å². The van der Waals surface area contributed by atoms with Gasteiger partial charge >= 0.3 is 0 Å². The van der Waals surface area contributed by atoms with Crippen LogP contribution < -0.4 is 4.90 Å². The van der Waals surface area contributed by atoms with E-state index in [4.69, 9.17) is 0 Å². The molecule has 2 heteroatoms. The molecule has 12 rings (SSSR count). The lowest BCUT2D eigenvalue weighted by Crippen LogP contribution is -2.33. The standard InChI is InChI=1S/C59H39NS/c1-3-13-40(14-4-1)42-27-33-47(34-28-42)60(49-37-38-52-51-20-8-10-24-56(51)61-57(52)39-49)48-35-29-43(30-36-48)41-25-31-46(32-26-41)59(45-17-5-2-6-18-45)54-22-9-7-19-50(54)53-21-11-15-44-16-12-23-55(59)58(44)53/h1-39H. The van der Waals surface area contributed by atoms with Gasteiger partial charge in [-0.25, -0.2) is 0 Å². The van der Waals surface area contributed by atoms with E-state index in [2.05, 4.69) is 241 Å². The predicted molar refractivity (Wildman–Crippen MR) is 260 cm³/mol. The second kappa shape index (κ2) is 14.3. The van der Waals surface area contributed by atoms with Crippen molar-refractivity contribution in [1.29, 1.82) is 0 Å². The molecule has 1 atom stereocenters. The van der Waals surface area contributed by atoms with Crippen LogP contribution in [-0.2, 0) is 5.41 Å². The van der Waals surface area contributed by atoms with Crippen molar-refractivity contribution in [2.75, 3.05) is 4.90 Å². The van der Waals surface area contributed by atoms with E-state index in [1.54, 1.807) is 0 Å². The highest BCUT2D eigenvalue weighted by Crippen LogP contribution is 2.55. The van der Waals surface area contributed by atoms with E-state index < -0.39 is 5.41 Å². The Morgan fingerprint density at radius 1 is 0.328 bits per heavy atom. The minimum atomic E-state index is -0.486. The molecule has 0 saturated heterocycles. The average Bonchev–Trinajstić information content (AvgIpc) is 3.71. The molecule has 0 aliphatic heterocycles. The lowest BCUT2D eigenvalue weighted by Gasteiger charge is -2.42. The third-order valence-electron chi connectivity index (χ3n) is 12.8. The lowest BCUT2D eigenvalue weighted by atomic mass is 9.59. The van der Waals surface area contributed by atoms with Gasteiger partial charge in [0.05, 0.1) is 5.41 Å². The van der Waals surface area contributed by atoms with Crippen LogP contribution >= 0.6 is 11.3 Å². The second-order valence-corrected chi connectivity index (χ2v) is 17.1. The smallest absolute Gasteiger partial charge is 0.0713 e. The highest BCUT2D eigenvalue weighted by molar-refractivity contribution is 7.25. The molecule has 61 heavy (non-hydrogen) atoms. The number of hydrogen-bond acceptors (Lipinski definition) is 2. The molecule has 1 aromatic heterocycles. The number of nitrogens with zero attached hydrogens (tertiary/aromatic N) is 1. The van der Waals surface area contributed by atoms with Crippen molar-refractivity contribution in [3.8, 4) is 33.4 Å². The molecule has 0 bridgehead atoms. The summed E-state index contributed by atoms with van der Waals surface area (Å²) in [5.74, 6) is 0. The van der Waals surface area contributed by atoms with Crippen LogP contribution in [0.5, 0.6) is 0 Å². The fourth-order valence-electron chi connectivity index (χ4n) is 9.99. The van der Waals surface area contributed by atoms with Crippen molar-refractivity contribution in [3.05, 3.63) is 259 Å². The van der Waals surface area contributed by atoms with E-state index in [0.717, 1.165) is 17.1 Å². The number of rotatable bonds is 7. The van der Waals surface area contributed by atoms with Gasteiger partial charge in [-0.15, -0.1) is 11.3 Å². The first-order chi connectivity index (χ1) is 30.2. The summed E-state index contributed by atoms with van der Waals surface area (Å²) in [6.45, 7) is 0. The molecule has 1 unspecified atom stereocenters. The molecular formula is C59H39NS. The Labute approximate surface area is 360 Å². The number of benzene rings is 10. The van der Waals surface area contributed by atoms with Gasteiger partial charge in [0.15, 0.2) is 0 Å². The molecule has 0 N–H and O–H groups in total. The van der Waals surface area contributed by atoms with Gasteiger partial charge in [0.2, 0.25) is 0 Å². The van der Waals surface area contributed by atoms with Crippen LogP contribution in [0.25, 0.3) is 64.3 Å². The first-order valence-electron chi connectivity index (χ1n) is 21.0. The van der Waals surface area contributed by atoms with Crippen LogP contribution in [0.15, 0.2) is 237 Å². The Morgan fingerprint density at radius 3 is 1.56 bits per heavy atom. The zero-order chi connectivity index (χ0) is 40.3. The SMILES string of the molecule is c1ccc(-c2ccc(N(c3ccc(-c4ccc(C5(c6ccccc6)c6ccccc6-c6cccc7cccc5c67)cc4)cc3)c3ccc4c(c3)sc3ccccc34)cc2)cc1. The van der Waals surface area contributed by atoms with Crippen LogP contribution in [0.2, 0.25) is 0 Å². The second-order valence-electron chi connectivity index (χ2n) is 16.0. The molecule has 0 amide bonds. The minimum absolute atomic E-state index is 0.486. The largest absolute Gasteiger partial charge is 0.310 e. The van der Waals surface area contributed by atoms with Gasteiger partial charge in [-0.2, -0.15) is 0 Å². The Kier molecular flexibility index (Phi) is 8.33. The molecule has 1 aliphatic carbocycles. The molecule has 0 spiro atoms. The summed E-state index contributed by atoms with van der Waals surface area (Å²) < 4.78 is 2.60. The molecular weight excluding hydrogens is 755 g/mol. The van der Waals surface area contributed by atoms with Crippen LogP contribution in [0.3, 0.4) is 0 Å². The molecule has 10 aromatic carbocycles. The topological polar surface area (TPSA) is 3.24 Å². The summed E-state index contributed by atoms with van der Waals surface area (Å²) >= 11 is 1.86. The zero-order valence-electron chi connectivity index (χ0n) is 33.4. The van der Waals surface area contributed by atoms with Crippen LogP contribution in [-0.4, -0.2) is 0 Å². The fourth-order valence-corrected chi connectivity index (χ4v) is 11.1.